The van der Waals surface area contributed by atoms with E-state index in [2.05, 4.69) is 16.8 Å². The Morgan fingerprint density at radius 2 is 2.31 bits per heavy atom. The number of halogens is 1. The third-order valence-corrected chi connectivity index (χ3v) is 3.02. The van der Waals surface area contributed by atoms with Gasteiger partial charge in [-0.1, -0.05) is 30.7 Å². The second-order valence-electron chi connectivity index (χ2n) is 3.68. The van der Waals surface area contributed by atoms with E-state index in [1.165, 1.54) is 0 Å². The molecule has 1 aromatic rings. The van der Waals surface area contributed by atoms with Gasteiger partial charge in [-0.15, -0.1) is 0 Å². The third-order valence-electron chi connectivity index (χ3n) is 2.40. The van der Waals surface area contributed by atoms with E-state index in [1.807, 2.05) is 19.1 Å². The minimum absolute atomic E-state index is 0.174. The highest BCUT2D eigenvalue weighted by molar-refractivity contribution is 7.80. The number of nitrogens with zero attached hydrogens (tertiary/aromatic N) is 2. The van der Waals surface area contributed by atoms with E-state index in [4.69, 9.17) is 29.6 Å². The van der Waals surface area contributed by atoms with Crippen LogP contribution in [0.5, 0.6) is 0 Å². The molecule has 0 saturated carbocycles. The molecule has 0 aliphatic rings. The first kappa shape index (κ1) is 13.2. The smallest absolute Gasteiger partial charge is 0.128 e. The Balaban J connectivity index is 2.74. The van der Waals surface area contributed by atoms with Gasteiger partial charge < -0.3 is 10.6 Å². The fourth-order valence-corrected chi connectivity index (χ4v) is 1.55. The molecule has 2 N–H and O–H groups in total. The molecule has 0 spiro atoms. The zero-order valence-electron chi connectivity index (χ0n) is 9.48. The van der Waals surface area contributed by atoms with Crippen molar-refractivity contribution in [2.24, 2.45) is 11.7 Å². The van der Waals surface area contributed by atoms with Gasteiger partial charge in [0, 0.05) is 25.2 Å². The predicted octanol–water partition coefficient (Wildman–Crippen LogP) is 2.48. The van der Waals surface area contributed by atoms with Crippen molar-refractivity contribution < 1.29 is 0 Å². The van der Waals surface area contributed by atoms with Gasteiger partial charge in [0.2, 0.25) is 0 Å². The van der Waals surface area contributed by atoms with Gasteiger partial charge in [0.05, 0.1) is 10.0 Å². The maximum Gasteiger partial charge on any atom is 0.128 e. The molecule has 1 rings (SSSR count). The van der Waals surface area contributed by atoms with E-state index in [1.54, 1.807) is 6.20 Å². The Morgan fingerprint density at radius 1 is 1.62 bits per heavy atom. The van der Waals surface area contributed by atoms with Crippen molar-refractivity contribution in [1.29, 1.82) is 0 Å². The van der Waals surface area contributed by atoms with Crippen LogP contribution in [0.2, 0.25) is 5.02 Å². The van der Waals surface area contributed by atoms with Crippen LogP contribution in [-0.4, -0.2) is 23.1 Å². The van der Waals surface area contributed by atoms with Crippen LogP contribution in [-0.2, 0) is 0 Å². The summed E-state index contributed by atoms with van der Waals surface area (Å²) in [5.41, 5.74) is 5.60. The molecule has 5 heteroatoms. The minimum Gasteiger partial charge on any atom is -0.393 e. The summed E-state index contributed by atoms with van der Waals surface area (Å²) >= 11 is 10.8. The number of hydrogen-bond acceptors (Lipinski definition) is 3. The monoisotopic (exact) mass is 257 g/mol. The maximum absolute atomic E-state index is 5.79. The van der Waals surface area contributed by atoms with Crippen LogP contribution < -0.4 is 10.6 Å². The van der Waals surface area contributed by atoms with Crippen LogP contribution in [0.1, 0.15) is 13.8 Å². The van der Waals surface area contributed by atoms with Gasteiger partial charge in [0.1, 0.15) is 5.82 Å². The predicted molar refractivity (Wildman–Crippen MR) is 73.1 cm³/mol. The van der Waals surface area contributed by atoms with Crippen LogP contribution in [0.3, 0.4) is 0 Å². The number of nitrogens with two attached hydrogens (primary N) is 1. The molecule has 0 aliphatic heterocycles. The second-order valence-corrected chi connectivity index (χ2v) is 4.58. The molecule has 88 valence electrons. The Kier molecular flexibility index (Phi) is 4.96. The summed E-state index contributed by atoms with van der Waals surface area (Å²) in [5, 5.41) is 0.641. The van der Waals surface area contributed by atoms with Crippen LogP contribution in [0.4, 0.5) is 5.82 Å². The van der Waals surface area contributed by atoms with E-state index in [0.29, 0.717) is 10.0 Å². The highest BCUT2D eigenvalue weighted by Crippen LogP contribution is 2.15. The van der Waals surface area contributed by atoms with Crippen molar-refractivity contribution in [1.82, 2.24) is 4.98 Å². The lowest BCUT2D eigenvalue weighted by Gasteiger charge is -2.25. The fraction of sp³-hybridized carbons (Fsp3) is 0.455. The summed E-state index contributed by atoms with van der Waals surface area (Å²) in [5.74, 6) is 1.07. The zero-order valence-corrected chi connectivity index (χ0v) is 11.1. The lowest BCUT2D eigenvalue weighted by atomic mass is 10.1. The molecule has 0 aliphatic carbocycles. The van der Waals surface area contributed by atoms with Gasteiger partial charge in [-0.2, -0.15) is 0 Å². The van der Waals surface area contributed by atoms with Crippen LogP contribution >= 0.6 is 23.8 Å². The largest absolute Gasteiger partial charge is 0.393 e. The Bertz CT molecular complexity index is 353. The molecule has 0 radical (unpaired) electrons. The molecule has 16 heavy (non-hydrogen) atoms. The Morgan fingerprint density at radius 3 is 2.75 bits per heavy atom. The average molecular weight is 258 g/mol. The summed E-state index contributed by atoms with van der Waals surface area (Å²) < 4.78 is 0. The van der Waals surface area contributed by atoms with E-state index in [-0.39, 0.29) is 5.92 Å². The highest BCUT2D eigenvalue weighted by Gasteiger charge is 2.12. The first-order valence-corrected chi connectivity index (χ1v) is 5.99. The van der Waals surface area contributed by atoms with E-state index in [0.717, 1.165) is 18.9 Å². The summed E-state index contributed by atoms with van der Waals surface area (Å²) in [6.45, 7) is 5.73. The SMILES string of the molecule is CCN(CC(C)C(N)=S)c1ccc(Cl)cn1. The fourth-order valence-electron chi connectivity index (χ4n) is 1.36. The molecule has 0 aromatic carbocycles. The number of hydrogen-bond donors (Lipinski definition) is 1. The number of thiocarbonyl (C=S) groups is 1. The molecular weight excluding hydrogens is 242 g/mol. The minimum atomic E-state index is 0.174. The lowest BCUT2D eigenvalue weighted by Crippen LogP contribution is -2.34. The first-order valence-electron chi connectivity index (χ1n) is 5.20. The van der Waals surface area contributed by atoms with Crippen LogP contribution in [0.15, 0.2) is 18.3 Å². The lowest BCUT2D eigenvalue weighted by molar-refractivity contribution is 0.700. The molecule has 0 fully saturated rings. The van der Waals surface area contributed by atoms with E-state index < -0.39 is 0 Å². The normalized spacial score (nSPS) is 12.2. The van der Waals surface area contributed by atoms with Gasteiger partial charge in [-0.3, -0.25) is 0 Å². The third kappa shape index (κ3) is 3.61. The topological polar surface area (TPSA) is 42.1 Å². The van der Waals surface area contributed by atoms with Crippen molar-refractivity contribution >= 4 is 34.6 Å². The van der Waals surface area contributed by atoms with Crippen molar-refractivity contribution in [3.8, 4) is 0 Å². The molecule has 1 atom stereocenters. The quantitative estimate of drug-likeness (QED) is 0.823. The summed E-state index contributed by atoms with van der Waals surface area (Å²) in [7, 11) is 0. The summed E-state index contributed by atoms with van der Waals surface area (Å²) in [4.78, 5) is 6.93. The standard InChI is InChI=1S/C11H16ClN3S/c1-3-15(7-8(2)11(13)16)10-5-4-9(12)6-14-10/h4-6,8H,3,7H2,1-2H3,(H2,13,16). The highest BCUT2D eigenvalue weighted by atomic mass is 35.5. The van der Waals surface area contributed by atoms with Crippen molar-refractivity contribution in [2.75, 3.05) is 18.0 Å². The Labute approximate surface area is 107 Å². The molecule has 0 amide bonds. The van der Waals surface area contributed by atoms with E-state index in [9.17, 15) is 0 Å². The number of anilines is 1. The van der Waals surface area contributed by atoms with Gasteiger partial charge in [0.25, 0.3) is 0 Å². The molecule has 1 heterocycles. The summed E-state index contributed by atoms with van der Waals surface area (Å²) in [6.07, 6.45) is 1.64. The first-order chi connectivity index (χ1) is 7.54. The van der Waals surface area contributed by atoms with Crippen molar-refractivity contribution in [3.05, 3.63) is 23.4 Å². The van der Waals surface area contributed by atoms with Gasteiger partial charge in [-0.05, 0) is 19.1 Å². The number of rotatable bonds is 5. The Hall–Kier alpha value is -0.870. The molecular formula is C11H16ClN3S. The van der Waals surface area contributed by atoms with E-state index >= 15 is 0 Å². The molecule has 3 nitrogen and oxygen atoms in total. The number of aromatic nitrogens is 1. The van der Waals surface area contributed by atoms with Gasteiger partial charge in [-0.25, -0.2) is 4.98 Å². The molecule has 1 unspecified atom stereocenters. The average Bonchev–Trinajstić information content (AvgIpc) is 2.26. The molecule has 0 bridgehead atoms. The maximum atomic E-state index is 5.79. The summed E-state index contributed by atoms with van der Waals surface area (Å²) in [6, 6.07) is 3.73. The molecule has 1 aromatic heterocycles. The van der Waals surface area contributed by atoms with Gasteiger partial charge >= 0.3 is 0 Å². The van der Waals surface area contributed by atoms with Crippen LogP contribution in [0, 0.1) is 5.92 Å². The van der Waals surface area contributed by atoms with Crippen LogP contribution in [0.25, 0.3) is 0 Å². The zero-order chi connectivity index (χ0) is 12.1. The van der Waals surface area contributed by atoms with Gasteiger partial charge in [0.15, 0.2) is 0 Å². The number of pyridine rings is 1. The van der Waals surface area contributed by atoms with Crippen molar-refractivity contribution in [3.63, 3.8) is 0 Å². The van der Waals surface area contributed by atoms with Crippen molar-refractivity contribution in [2.45, 2.75) is 13.8 Å². The molecule has 0 saturated heterocycles. The second kappa shape index (κ2) is 6.01.